The first-order chi connectivity index (χ1) is 5.77. The molecular formula is C8H17NO2P+. The van der Waals surface area contributed by atoms with Crippen molar-refractivity contribution >= 4 is 8.69 Å². The Morgan fingerprint density at radius 1 is 1.33 bits per heavy atom. The SMILES string of the molecule is C[N+]1(CCOP=O)CCCCC1. The second-order valence-electron chi connectivity index (χ2n) is 3.76. The molecule has 1 aliphatic rings. The molecule has 4 heteroatoms. The zero-order valence-electron chi connectivity index (χ0n) is 7.66. The van der Waals surface area contributed by atoms with Gasteiger partial charge in [-0.15, -0.1) is 0 Å². The van der Waals surface area contributed by atoms with E-state index < -0.39 is 0 Å². The first kappa shape index (κ1) is 10.1. The summed E-state index contributed by atoms with van der Waals surface area (Å²) in [5.74, 6) is 0. The minimum Gasteiger partial charge on any atom is -0.324 e. The summed E-state index contributed by atoms with van der Waals surface area (Å²) in [5.41, 5.74) is 0. The molecule has 0 spiro atoms. The third kappa shape index (κ3) is 3.18. The first-order valence-electron chi connectivity index (χ1n) is 4.55. The number of quaternary nitrogens is 1. The average molecular weight is 190 g/mol. The van der Waals surface area contributed by atoms with Gasteiger partial charge in [0, 0.05) is 0 Å². The van der Waals surface area contributed by atoms with Gasteiger partial charge in [-0.2, -0.15) is 0 Å². The van der Waals surface area contributed by atoms with Gasteiger partial charge in [0.05, 0.1) is 20.1 Å². The first-order valence-corrected chi connectivity index (χ1v) is 5.28. The van der Waals surface area contributed by atoms with Crippen molar-refractivity contribution in [3.63, 3.8) is 0 Å². The molecule has 0 atom stereocenters. The second kappa shape index (κ2) is 4.90. The van der Waals surface area contributed by atoms with Crippen LogP contribution in [0.25, 0.3) is 0 Å². The van der Waals surface area contributed by atoms with Crippen LogP contribution in [0.1, 0.15) is 19.3 Å². The lowest BCUT2D eigenvalue weighted by Gasteiger charge is -2.37. The molecule has 1 fully saturated rings. The molecule has 1 saturated heterocycles. The van der Waals surface area contributed by atoms with Crippen LogP contribution in [-0.4, -0.2) is 37.8 Å². The van der Waals surface area contributed by atoms with Crippen molar-refractivity contribution in [2.24, 2.45) is 0 Å². The van der Waals surface area contributed by atoms with Crippen LogP contribution in [-0.2, 0) is 9.09 Å². The van der Waals surface area contributed by atoms with Crippen molar-refractivity contribution < 1.29 is 13.6 Å². The third-order valence-corrected chi connectivity index (χ3v) is 2.96. The molecule has 0 radical (unpaired) electrons. The number of nitrogens with zero attached hydrogens (tertiary/aromatic N) is 1. The lowest BCUT2D eigenvalue weighted by molar-refractivity contribution is -0.914. The van der Waals surface area contributed by atoms with Crippen LogP contribution in [0.4, 0.5) is 0 Å². The van der Waals surface area contributed by atoms with E-state index in [0.717, 1.165) is 11.0 Å². The van der Waals surface area contributed by atoms with E-state index >= 15 is 0 Å². The molecule has 0 saturated carbocycles. The molecule has 1 heterocycles. The summed E-state index contributed by atoms with van der Waals surface area (Å²) in [6.45, 7) is 4.11. The number of likely N-dealkylation sites (tertiary alicyclic amines) is 1. The Labute approximate surface area is 75.6 Å². The van der Waals surface area contributed by atoms with Crippen LogP contribution in [0.15, 0.2) is 0 Å². The maximum Gasteiger partial charge on any atom is 0.327 e. The van der Waals surface area contributed by atoms with Crippen molar-refractivity contribution in [2.75, 3.05) is 33.3 Å². The molecule has 70 valence electrons. The van der Waals surface area contributed by atoms with Gasteiger partial charge in [0.15, 0.2) is 0 Å². The topological polar surface area (TPSA) is 26.3 Å². The monoisotopic (exact) mass is 190 g/mol. The molecule has 0 unspecified atom stereocenters. The van der Waals surface area contributed by atoms with Gasteiger partial charge in [-0.1, -0.05) is 0 Å². The van der Waals surface area contributed by atoms with Gasteiger partial charge in [0.1, 0.15) is 13.2 Å². The van der Waals surface area contributed by atoms with Crippen LogP contribution in [0, 0.1) is 0 Å². The minimum atomic E-state index is -0.183. The summed E-state index contributed by atoms with van der Waals surface area (Å²) >= 11 is 0. The lowest BCUT2D eigenvalue weighted by Crippen LogP contribution is -2.49. The van der Waals surface area contributed by atoms with Crippen molar-refractivity contribution in [3.8, 4) is 0 Å². The number of likely N-dealkylation sites (N-methyl/N-ethyl adjacent to an activating group) is 1. The average Bonchev–Trinajstić information content (AvgIpc) is 2.06. The Balaban J connectivity index is 2.21. The fraction of sp³-hybridized carbons (Fsp3) is 1.00. The summed E-state index contributed by atoms with van der Waals surface area (Å²) in [6, 6.07) is 0. The molecule has 0 N–H and O–H groups in total. The quantitative estimate of drug-likeness (QED) is 0.384. The number of rotatable bonds is 4. The molecule has 0 bridgehead atoms. The van der Waals surface area contributed by atoms with E-state index in [-0.39, 0.29) is 8.69 Å². The lowest BCUT2D eigenvalue weighted by atomic mass is 10.1. The van der Waals surface area contributed by atoms with Crippen LogP contribution in [0.5, 0.6) is 0 Å². The van der Waals surface area contributed by atoms with Crippen LogP contribution < -0.4 is 0 Å². The largest absolute Gasteiger partial charge is 0.327 e. The zero-order chi connectivity index (χ0) is 8.86. The highest BCUT2D eigenvalue weighted by Crippen LogP contribution is 2.15. The van der Waals surface area contributed by atoms with Gasteiger partial charge >= 0.3 is 8.69 Å². The summed E-state index contributed by atoms with van der Waals surface area (Å²) in [5, 5.41) is 0. The van der Waals surface area contributed by atoms with Crippen LogP contribution in [0.2, 0.25) is 0 Å². The Bertz CT molecular complexity index is 146. The predicted octanol–water partition coefficient (Wildman–Crippen LogP) is 1.84. The van der Waals surface area contributed by atoms with Gasteiger partial charge in [0.2, 0.25) is 0 Å². The summed E-state index contributed by atoms with van der Waals surface area (Å²) in [4.78, 5) is 0. The highest BCUT2D eigenvalue weighted by atomic mass is 31.1. The van der Waals surface area contributed by atoms with E-state index in [1.54, 1.807) is 0 Å². The van der Waals surface area contributed by atoms with E-state index in [1.807, 2.05) is 0 Å². The molecule has 12 heavy (non-hydrogen) atoms. The smallest absolute Gasteiger partial charge is 0.324 e. The Hall–Kier alpha value is 0.0200. The number of hydrogen-bond donors (Lipinski definition) is 0. The van der Waals surface area contributed by atoms with Crippen LogP contribution >= 0.6 is 8.69 Å². The van der Waals surface area contributed by atoms with E-state index in [1.165, 1.54) is 32.4 Å². The molecule has 1 aliphatic heterocycles. The van der Waals surface area contributed by atoms with Crippen LogP contribution in [0.3, 0.4) is 0 Å². The molecule has 0 aliphatic carbocycles. The fourth-order valence-corrected chi connectivity index (χ4v) is 1.95. The molecular weight excluding hydrogens is 173 g/mol. The number of hydrogen-bond acceptors (Lipinski definition) is 2. The van der Waals surface area contributed by atoms with Gasteiger partial charge in [-0.25, -0.2) is 4.57 Å². The Morgan fingerprint density at radius 2 is 2.00 bits per heavy atom. The molecule has 3 nitrogen and oxygen atoms in total. The van der Waals surface area contributed by atoms with Gasteiger partial charge in [-0.3, -0.25) is 4.52 Å². The summed E-state index contributed by atoms with van der Waals surface area (Å²) in [6.07, 6.45) is 4.02. The molecule has 1 rings (SSSR count). The second-order valence-corrected chi connectivity index (χ2v) is 4.17. The predicted molar refractivity (Wildman–Crippen MR) is 48.2 cm³/mol. The number of piperidine rings is 1. The summed E-state index contributed by atoms with van der Waals surface area (Å²) < 4.78 is 15.9. The van der Waals surface area contributed by atoms with Crippen molar-refractivity contribution in [1.29, 1.82) is 0 Å². The van der Waals surface area contributed by atoms with E-state index in [0.29, 0.717) is 6.61 Å². The molecule has 0 aromatic carbocycles. The third-order valence-electron chi connectivity index (χ3n) is 2.67. The zero-order valence-corrected chi connectivity index (χ0v) is 8.56. The maximum absolute atomic E-state index is 10.0. The fourth-order valence-electron chi connectivity index (χ4n) is 1.80. The summed E-state index contributed by atoms with van der Waals surface area (Å²) in [7, 11) is 2.07. The minimum absolute atomic E-state index is 0.183. The van der Waals surface area contributed by atoms with Crippen molar-refractivity contribution in [2.45, 2.75) is 19.3 Å². The Kier molecular flexibility index (Phi) is 4.13. The normalized spacial score (nSPS) is 22.8. The van der Waals surface area contributed by atoms with E-state index in [9.17, 15) is 4.57 Å². The highest BCUT2D eigenvalue weighted by molar-refractivity contribution is 7.17. The molecule has 0 aromatic rings. The van der Waals surface area contributed by atoms with E-state index in [4.69, 9.17) is 4.52 Å². The standard InChI is InChI=1S/C8H17NO2P/c1-9(7-8-11-12-10)5-3-2-4-6-9/h2-8H2,1H3/q+1. The van der Waals surface area contributed by atoms with Gasteiger partial charge < -0.3 is 4.48 Å². The highest BCUT2D eigenvalue weighted by Gasteiger charge is 2.23. The van der Waals surface area contributed by atoms with Crippen molar-refractivity contribution in [1.82, 2.24) is 0 Å². The van der Waals surface area contributed by atoms with Gasteiger partial charge in [-0.05, 0) is 19.3 Å². The molecule has 0 amide bonds. The van der Waals surface area contributed by atoms with Gasteiger partial charge in [0.25, 0.3) is 0 Å². The Morgan fingerprint density at radius 3 is 2.58 bits per heavy atom. The molecule has 0 aromatic heterocycles. The van der Waals surface area contributed by atoms with E-state index in [2.05, 4.69) is 7.05 Å². The maximum atomic E-state index is 10.0. The van der Waals surface area contributed by atoms with Crippen molar-refractivity contribution in [3.05, 3.63) is 0 Å².